The summed E-state index contributed by atoms with van der Waals surface area (Å²) in [5.74, 6) is -1.19. The molecule has 4 rings (SSSR count). The van der Waals surface area contributed by atoms with Crippen LogP contribution in [0.15, 0.2) is 48.7 Å². The van der Waals surface area contributed by atoms with Gasteiger partial charge >= 0.3 is 0 Å². The normalized spacial score (nSPS) is 14.5. The quantitative estimate of drug-likeness (QED) is 0.539. The Balaban J connectivity index is 1.55. The molecule has 0 amide bonds. The molecule has 1 aromatic heterocycles. The monoisotopic (exact) mass is 460 g/mol. The molecule has 1 aliphatic rings. The predicted octanol–water partition coefficient (Wildman–Crippen LogP) is 2.92. The first-order valence-corrected chi connectivity index (χ1v) is 10.6. The lowest BCUT2D eigenvalue weighted by Gasteiger charge is -2.26. The minimum atomic E-state index is -1.34. The number of ether oxygens (including phenoxy) is 2. The van der Waals surface area contributed by atoms with Gasteiger partial charge in [-0.2, -0.15) is 5.10 Å². The van der Waals surface area contributed by atoms with Gasteiger partial charge in [0.15, 0.2) is 0 Å². The molecule has 0 spiro atoms. The van der Waals surface area contributed by atoms with Gasteiger partial charge in [-0.15, -0.1) is 0 Å². The summed E-state index contributed by atoms with van der Waals surface area (Å²) in [4.78, 5) is 13.7. The molecule has 0 unspecified atom stereocenters. The fourth-order valence-corrected chi connectivity index (χ4v) is 3.92. The van der Waals surface area contributed by atoms with E-state index in [0.29, 0.717) is 42.1 Å². The van der Waals surface area contributed by atoms with Gasteiger partial charge in [0.05, 0.1) is 36.6 Å². The number of rotatable bonds is 7. The summed E-state index contributed by atoms with van der Waals surface area (Å²) in [6.45, 7) is 4.01. The van der Waals surface area contributed by atoms with Gasteiger partial charge in [-0.25, -0.2) is 4.68 Å². The van der Waals surface area contributed by atoms with Crippen LogP contribution < -0.4 is 9.84 Å². The van der Waals surface area contributed by atoms with E-state index in [-0.39, 0.29) is 11.4 Å². The number of carboxylic acid groups (broad SMARTS) is 1. The van der Waals surface area contributed by atoms with E-state index in [0.717, 1.165) is 24.2 Å². The van der Waals surface area contributed by atoms with Crippen LogP contribution in [0.1, 0.15) is 10.4 Å². The highest BCUT2D eigenvalue weighted by Crippen LogP contribution is 2.31. The van der Waals surface area contributed by atoms with Crippen LogP contribution in [0.4, 0.5) is 0 Å². The first-order chi connectivity index (χ1) is 15.0. The second-order valence-electron chi connectivity index (χ2n) is 7.04. The third kappa shape index (κ3) is 5.02. The number of carboxylic acids is 1. The van der Waals surface area contributed by atoms with Crippen molar-refractivity contribution in [2.45, 2.75) is 0 Å². The van der Waals surface area contributed by atoms with Crippen molar-refractivity contribution in [1.82, 2.24) is 14.7 Å². The van der Waals surface area contributed by atoms with Gasteiger partial charge in [0, 0.05) is 35.2 Å². The Labute approximate surface area is 189 Å². The van der Waals surface area contributed by atoms with Crippen LogP contribution in [0.3, 0.4) is 0 Å². The molecule has 1 saturated heterocycles. The number of halogens is 2. The first-order valence-electron chi connectivity index (χ1n) is 9.81. The van der Waals surface area contributed by atoms with Gasteiger partial charge in [-0.05, 0) is 29.8 Å². The standard InChI is InChI=1S/C22H21Cl2N3O4/c23-16-3-6-18(20(24)13-16)15-1-4-17(5-2-15)27-21(19(14-25-27)22(28)29)31-12-9-26-7-10-30-11-8-26/h1-6,13-14H,7-12H2,(H,28,29)/p-1. The lowest BCUT2D eigenvalue weighted by Crippen LogP contribution is -2.38. The molecule has 2 heterocycles. The highest BCUT2D eigenvalue weighted by atomic mass is 35.5. The number of benzene rings is 2. The summed E-state index contributed by atoms with van der Waals surface area (Å²) in [5, 5.41) is 16.8. The average molecular weight is 461 g/mol. The zero-order chi connectivity index (χ0) is 21.8. The number of aromatic nitrogens is 2. The predicted molar refractivity (Wildman–Crippen MR) is 116 cm³/mol. The van der Waals surface area contributed by atoms with Crippen LogP contribution in [-0.4, -0.2) is 60.1 Å². The number of carbonyl (C=O) groups is 1. The van der Waals surface area contributed by atoms with Crippen molar-refractivity contribution in [3.63, 3.8) is 0 Å². The minimum absolute atomic E-state index is 0.0909. The summed E-state index contributed by atoms with van der Waals surface area (Å²) in [7, 11) is 0. The van der Waals surface area contributed by atoms with Gasteiger partial charge in [0.2, 0.25) is 5.88 Å². The third-order valence-corrected chi connectivity index (χ3v) is 5.60. The maximum atomic E-state index is 11.5. The Morgan fingerprint density at radius 2 is 1.87 bits per heavy atom. The molecule has 7 nitrogen and oxygen atoms in total. The van der Waals surface area contributed by atoms with E-state index >= 15 is 0 Å². The summed E-state index contributed by atoms with van der Waals surface area (Å²) in [5.41, 5.74) is 2.30. The molecule has 0 aliphatic carbocycles. The van der Waals surface area contributed by atoms with Crippen molar-refractivity contribution in [2.24, 2.45) is 0 Å². The summed E-state index contributed by atoms with van der Waals surface area (Å²) < 4.78 is 12.6. The molecular formula is C22H20Cl2N3O4-. The lowest BCUT2D eigenvalue weighted by molar-refractivity contribution is -0.255. The molecular weight excluding hydrogens is 441 g/mol. The molecule has 1 aliphatic heterocycles. The molecule has 0 atom stereocenters. The van der Waals surface area contributed by atoms with Gasteiger partial charge in [0.1, 0.15) is 6.61 Å². The van der Waals surface area contributed by atoms with Crippen molar-refractivity contribution in [1.29, 1.82) is 0 Å². The highest BCUT2D eigenvalue weighted by molar-refractivity contribution is 6.36. The minimum Gasteiger partial charge on any atom is -0.545 e. The number of nitrogens with zero attached hydrogens (tertiary/aromatic N) is 3. The number of morpholine rings is 1. The molecule has 0 saturated carbocycles. The fraction of sp³-hybridized carbons (Fsp3) is 0.273. The zero-order valence-corrected chi connectivity index (χ0v) is 18.1. The van der Waals surface area contributed by atoms with Crippen LogP contribution in [0.2, 0.25) is 10.0 Å². The number of hydrogen-bond acceptors (Lipinski definition) is 6. The molecule has 1 fully saturated rings. The molecule has 3 aromatic rings. The van der Waals surface area contributed by atoms with Crippen molar-refractivity contribution >= 4 is 29.2 Å². The topological polar surface area (TPSA) is 79.6 Å². The number of aromatic carboxylic acids is 1. The van der Waals surface area contributed by atoms with E-state index in [4.69, 9.17) is 32.7 Å². The maximum absolute atomic E-state index is 11.5. The molecule has 0 bridgehead atoms. The van der Waals surface area contributed by atoms with E-state index in [1.807, 2.05) is 30.3 Å². The SMILES string of the molecule is O=C([O-])c1cnn(-c2ccc(-c3ccc(Cl)cc3Cl)cc2)c1OCCN1CCOCC1. The maximum Gasteiger partial charge on any atom is 0.226 e. The molecule has 0 radical (unpaired) electrons. The number of carbonyl (C=O) groups excluding carboxylic acids is 1. The Bertz CT molecular complexity index is 1060. The average Bonchev–Trinajstić information content (AvgIpc) is 3.19. The van der Waals surface area contributed by atoms with Crippen LogP contribution >= 0.6 is 23.2 Å². The van der Waals surface area contributed by atoms with E-state index in [1.165, 1.54) is 10.9 Å². The van der Waals surface area contributed by atoms with Crippen LogP contribution in [0.25, 0.3) is 16.8 Å². The Morgan fingerprint density at radius 1 is 1.13 bits per heavy atom. The molecule has 0 N–H and O–H groups in total. The van der Waals surface area contributed by atoms with Gasteiger partial charge in [-0.3, -0.25) is 4.90 Å². The lowest BCUT2D eigenvalue weighted by atomic mass is 10.1. The second-order valence-corrected chi connectivity index (χ2v) is 7.88. The zero-order valence-electron chi connectivity index (χ0n) is 16.6. The number of hydrogen-bond donors (Lipinski definition) is 0. The second kappa shape index (κ2) is 9.70. The van der Waals surface area contributed by atoms with E-state index in [2.05, 4.69) is 10.00 Å². The van der Waals surface area contributed by atoms with Gasteiger partial charge in [0.25, 0.3) is 0 Å². The Kier molecular flexibility index (Phi) is 6.77. The highest BCUT2D eigenvalue weighted by Gasteiger charge is 2.17. The van der Waals surface area contributed by atoms with Crippen molar-refractivity contribution in [3.05, 3.63) is 64.3 Å². The van der Waals surface area contributed by atoms with E-state index < -0.39 is 5.97 Å². The van der Waals surface area contributed by atoms with Crippen molar-refractivity contribution < 1.29 is 19.4 Å². The van der Waals surface area contributed by atoms with Crippen molar-refractivity contribution in [2.75, 3.05) is 39.5 Å². The molecule has 31 heavy (non-hydrogen) atoms. The molecule has 9 heteroatoms. The Morgan fingerprint density at radius 3 is 2.55 bits per heavy atom. The largest absolute Gasteiger partial charge is 0.545 e. The van der Waals surface area contributed by atoms with E-state index in [9.17, 15) is 9.90 Å². The summed E-state index contributed by atoms with van der Waals surface area (Å²) in [6, 6.07) is 12.7. The Hall–Kier alpha value is -2.58. The molecule has 2 aromatic carbocycles. The third-order valence-electron chi connectivity index (χ3n) is 5.05. The van der Waals surface area contributed by atoms with Crippen LogP contribution in [-0.2, 0) is 4.74 Å². The van der Waals surface area contributed by atoms with Crippen LogP contribution in [0, 0.1) is 0 Å². The van der Waals surface area contributed by atoms with Crippen LogP contribution in [0.5, 0.6) is 5.88 Å². The van der Waals surface area contributed by atoms with Crippen molar-refractivity contribution in [3.8, 4) is 22.7 Å². The van der Waals surface area contributed by atoms with E-state index in [1.54, 1.807) is 12.1 Å². The smallest absolute Gasteiger partial charge is 0.226 e. The first kappa shape index (κ1) is 21.6. The van der Waals surface area contributed by atoms with Gasteiger partial charge < -0.3 is 19.4 Å². The fourth-order valence-electron chi connectivity index (χ4n) is 3.40. The summed E-state index contributed by atoms with van der Waals surface area (Å²) in [6.07, 6.45) is 1.24. The van der Waals surface area contributed by atoms with Gasteiger partial charge in [-0.1, -0.05) is 41.4 Å². The molecule has 162 valence electrons. The summed E-state index contributed by atoms with van der Waals surface area (Å²) >= 11 is 12.3.